The Morgan fingerprint density at radius 1 is 1.70 bits per heavy atom. The fourth-order valence-electron chi connectivity index (χ4n) is 0.726. The molecular formula is C8H10N2. The highest BCUT2D eigenvalue weighted by atomic mass is 14.8. The van der Waals surface area contributed by atoms with Gasteiger partial charge in [-0.15, -0.1) is 0 Å². The van der Waals surface area contributed by atoms with Crippen LogP contribution >= 0.6 is 0 Å². The molecule has 0 saturated heterocycles. The van der Waals surface area contributed by atoms with Gasteiger partial charge in [0.1, 0.15) is 0 Å². The van der Waals surface area contributed by atoms with Gasteiger partial charge in [0, 0.05) is 23.7 Å². The fraction of sp³-hybridized carbons (Fsp3) is 0.125. The summed E-state index contributed by atoms with van der Waals surface area (Å²) in [5, 5.41) is 2.89. The number of nitrogens with zero attached hydrogens (tertiary/aromatic N) is 1. The lowest BCUT2D eigenvalue weighted by molar-refractivity contribution is 1.19. The van der Waals surface area contributed by atoms with Gasteiger partial charge in [-0.05, 0) is 19.2 Å². The molecule has 1 heterocycles. The van der Waals surface area contributed by atoms with Crippen LogP contribution in [0.25, 0.3) is 0 Å². The molecule has 2 nitrogen and oxygen atoms in total. The van der Waals surface area contributed by atoms with Crippen molar-refractivity contribution in [1.29, 1.82) is 0 Å². The maximum absolute atomic E-state index is 4.06. The van der Waals surface area contributed by atoms with E-state index in [1.165, 1.54) is 0 Å². The van der Waals surface area contributed by atoms with Crippen LogP contribution in [-0.4, -0.2) is 5.71 Å². The van der Waals surface area contributed by atoms with Crippen LogP contribution in [0.15, 0.2) is 41.8 Å². The summed E-state index contributed by atoms with van der Waals surface area (Å²) in [5.41, 5.74) is 2.15. The summed E-state index contributed by atoms with van der Waals surface area (Å²) in [7, 11) is 0. The maximum Gasteiger partial charge on any atom is 0.0460 e. The molecule has 0 bridgehead atoms. The lowest BCUT2D eigenvalue weighted by Gasteiger charge is -1.93. The van der Waals surface area contributed by atoms with E-state index in [0.29, 0.717) is 0 Å². The average molecular weight is 134 g/mol. The molecule has 1 N–H and O–H groups in total. The summed E-state index contributed by atoms with van der Waals surface area (Å²) in [6.07, 6.45) is 7.24. The molecule has 1 aliphatic heterocycles. The molecular weight excluding hydrogens is 124 g/mol. The zero-order chi connectivity index (χ0) is 7.40. The van der Waals surface area contributed by atoms with Crippen LogP contribution in [0.5, 0.6) is 0 Å². The molecule has 0 aromatic rings. The molecule has 2 heteroatoms. The Balaban J connectivity index is 2.65. The second-order valence-corrected chi connectivity index (χ2v) is 2.00. The van der Waals surface area contributed by atoms with E-state index in [1.807, 2.05) is 19.2 Å². The molecule has 0 aliphatic carbocycles. The molecule has 52 valence electrons. The van der Waals surface area contributed by atoms with Gasteiger partial charge < -0.3 is 5.32 Å². The van der Waals surface area contributed by atoms with E-state index in [0.717, 1.165) is 11.3 Å². The van der Waals surface area contributed by atoms with Gasteiger partial charge >= 0.3 is 0 Å². The van der Waals surface area contributed by atoms with Crippen molar-refractivity contribution in [3.8, 4) is 0 Å². The van der Waals surface area contributed by atoms with Crippen molar-refractivity contribution in [2.45, 2.75) is 6.92 Å². The molecule has 0 atom stereocenters. The number of hydrogen-bond donors (Lipinski definition) is 1. The largest absolute Gasteiger partial charge is 0.368 e. The molecule has 0 radical (unpaired) electrons. The van der Waals surface area contributed by atoms with E-state index in [1.54, 1.807) is 12.4 Å². The lowest BCUT2D eigenvalue weighted by Crippen LogP contribution is -1.97. The summed E-state index contributed by atoms with van der Waals surface area (Å²) in [6.45, 7) is 5.50. The second kappa shape index (κ2) is 3.01. The first kappa shape index (κ1) is 6.81. The topological polar surface area (TPSA) is 24.4 Å². The van der Waals surface area contributed by atoms with Crippen molar-refractivity contribution in [2.24, 2.45) is 4.99 Å². The van der Waals surface area contributed by atoms with Gasteiger partial charge in [0.15, 0.2) is 0 Å². The molecule has 0 saturated carbocycles. The highest BCUT2D eigenvalue weighted by molar-refractivity contribution is 6.02. The number of aliphatic imine (C=N–C) groups is 1. The first-order chi connectivity index (χ1) is 4.84. The van der Waals surface area contributed by atoms with Gasteiger partial charge in [-0.25, -0.2) is 0 Å². The molecule has 0 aromatic carbocycles. The van der Waals surface area contributed by atoms with E-state index in [-0.39, 0.29) is 0 Å². The third-order valence-corrected chi connectivity index (χ3v) is 1.30. The minimum absolute atomic E-state index is 1.04. The number of hydrogen-bond acceptors (Lipinski definition) is 2. The second-order valence-electron chi connectivity index (χ2n) is 2.00. The number of allylic oxidation sites excluding steroid dienone is 2. The smallest absolute Gasteiger partial charge is 0.0460 e. The molecule has 0 unspecified atom stereocenters. The van der Waals surface area contributed by atoms with Gasteiger partial charge in [0.25, 0.3) is 0 Å². The monoisotopic (exact) mass is 134 g/mol. The van der Waals surface area contributed by atoms with Crippen LogP contribution in [0.2, 0.25) is 0 Å². The Morgan fingerprint density at radius 2 is 2.50 bits per heavy atom. The highest BCUT2D eigenvalue weighted by Crippen LogP contribution is 2.06. The zero-order valence-corrected chi connectivity index (χ0v) is 5.96. The van der Waals surface area contributed by atoms with Crippen molar-refractivity contribution < 1.29 is 0 Å². The normalized spacial score (nSPS) is 19.3. The van der Waals surface area contributed by atoms with E-state index >= 15 is 0 Å². The SMILES string of the molecule is C=CN/C=C1/C=CN=C1C. The highest BCUT2D eigenvalue weighted by Gasteiger charge is 1.99. The summed E-state index contributed by atoms with van der Waals surface area (Å²) in [6, 6.07) is 0. The average Bonchev–Trinajstić information content (AvgIpc) is 2.31. The van der Waals surface area contributed by atoms with Crippen LogP contribution in [0.3, 0.4) is 0 Å². The number of nitrogens with one attached hydrogen (secondary N) is 1. The predicted molar refractivity (Wildman–Crippen MR) is 43.7 cm³/mol. The Labute approximate surface area is 60.7 Å². The summed E-state index contributed by atoms with van der Waals surface area (Å²) < 4.78 is 0. The van der Waals surface area contributed by atoms with Crippen molar-refractivity contribution in [3.63, 3.8) is 0 Å². The fourth-order valence-corrected chi connectivity index (χ4v) is 0.726. The van der Waals surface area contributed by atoms with Gasteiger partial charge in [-0.2, -0.15) is 0 Å². The summed E-state index contributed by atoms with van der Waals surface area (Å²) >= 11 is 0. The quantitative estimate of drug-likeness (QED) is 0.609. The van der Waals surface area contributed by atoms with Crippen molar-refractivity contribution in [3.05, 3.63) is 36.8 Å². The van der Waals surface area contributed by atoms with E-state index in [9.17, 15) is 0 Å². The molecule has 10 heavy (non-hydrogen) atoms. The third kappa shape index (κ3) is 1.35. The predicted octanol–water partition coefficient (Wildman–Crippen LogP) is 1.59. The standard InChI is InChI=1S/C8H10N2/c1-3-9-6-8-4-5-10-7(8)2/h3-6,9H,1H2,2H3/b8-6-. The minimum Gasteiger partial charge on any atom is -0.368 e. The summed E-state index contributed by atoms with van der Waals surface area (Å²) in [4.78, 5) is 4.06. The van der Waals surface area contributed by atoms with E-state index in [2.05, 4.69) is 16.9 Å². The maximum atomic E-state index is 4.06. The van der Waals surface area contributed by atoms with Gasteiger partial charge in [-0.1, -0.05) is 6.58 Å². The Morgan fingerprint density at radius 3 is 3.00 bits per heavy atom. The molecule has 0 fully saturated rings. The zero-order valence-electron chi connectivity index (χ0n) is 5.96. The van der Waals surface area contributed by atoms with Crippen LogP contribution in [-0.2, 0) is 0 Å². The van der Waals surface area contributed by atoms with Gasteiger partial charge in [-0.3, -0.25) is 4.99 Å². The Bertz CT molecular complexity index is 221. The summed E-state index contributed by atoms with van der Waals surface area (Å²) in [5.74, 6) is 0. The first-order valence-electron chi connectivity index (χ1n) is 3.13. The van der Waals surface area contributed by atoms with Crippen molar-refractivity contribution >= 4 is 5.71 Å². The van der Waals surface area contributed by atoms with Crippen molar-refractivity contribution in [1.82, 2.24) is 5.32 Å². The van der Waals surface area contributed by atoms with Crippen LogP contribution < -0.4 is 5.32 Å². The molecule has 0 aromatic heterocycles. The first-order valence-corrected chi connectivity index (χ1v) is 3.13. The van der Waals surface area contributed by atoms with Gasteiger partial charge in [0.05, 0.1) is 0 Å². The van der Waals surface area contributed by atoms with E-state index in [4.69, 9.17) is 0 Å². The van der Waals surface area contributed by atoms with Crippen LogP contribution in [0, 0.1) is 0 Å². The number of rotatable bonds is 2. The Hall–Kier alpha value is -1.31. The molecule has 1 aliphatic rings. The minimum atomic E-state index is 1.04. The molecule has 0 spiro atoms. The molecule has 1 rings (SSSR count). The van der Waals surface area contributed by atoms with E-state index < -0.39 is 0 Å². The van der Waals surface area contributed by atoms with Crippen molar-refractivity contribution in [2.75, 3.05) is 0 Å². The van der Waals surface area contributed by atoms with Gasteiger partial charge in [0.2, 0.25) is 0 Å². The Kier molecular flexibility index (Phi) is 2.05. The molecule has 0 amide bonds. The van der Waals surface area contributed by atoms with Crippen LogP contribution in [0.1, 0.15) is 6.92 Å². The van der Waals surface area contributed by atoms with Crippen LogP contribution in [0.4, 0.5) is 0 Å². The lowest BCUT2D eigenvalue weighted by atomic mass is 10.2. The third-order valence-electron chi connectivity index (χ3n) is 1.30.